The zero-order chi connectivity index (χ0) is 26.5. The maximum atomic E-state index is 13.2. The summed E-state index contributed by atoms with van der Waals surface area (Å²) in [5.74, 6) is 0.289. The van der Waals surface area contributed by atoms with Crippen molar-refractivity contribution in [1.82, 2.24) is 4.90 Å². The number of anilines is 1. The van der Waals surface area contributed by atoms with Gasteiger partial charge in [-0.05, 0) is 68.4 Å². The number of aryl methyl sites for hydroxylation is 1. The highest BCUT2D eigenvalue weighted by Gasteiger charge is 2.35. The molecule has 0 spiro atoms. The highest BCUT2D eigenvalue weighted by atomic mass is 35.5. The highest BCUT2D eigenvalue weighted by Crippen LogP contribution is 2.36. The van der Waals surface area contributed by atoms with Gasteiger partial charge in [0.15, 0.2) is 0 Å². The van der Waals surface area contributed by atoms with Crippen LogP contribution in [0, 0.1) is 6.92 Å². The topological polar surface area (TPSA) is 49.9 Å². The van der Waals surface area contributed by atoms with Gasteiger partial charge >= 0.3 is 0 Å². The lowest BCUT2D eigenvalue weighted by Crippen LogP contribution is -2.27. The van der Waals surface area contributed by atoms with Gasteiger partial charge in [-0.1, -0.05) is 59.1 Å². The van der Waals surface area contributed by atoms with Gasteiger partial charge in [0, 0.05) is 46.0 Å². The lowest BCUT2D eigenvalue weighted by atomic mass is 10.1. The third-order valence-corrected chi connectivity index (χ3v) is 7.60. The van der Waals surface area contributed by atoms with E-state index in [2.05, 4.69) is 18.7 Å². The summed E-state index contributed by atoms with van der Waals surface area (Å²) < 4.78 is 6.21. The Morgan fingerprint density at radius 2 is 1.78 bits per heavy atom. The monoisotopic (exact) mass is 554 g/mol. The highest BCUT2D eigenvalue weighted by molar-refractivity contribution is 8.18. The number of halogens is 2. The quantitative estimate of drug-likeness (QED) is 0.251. The number of carbonyl (C=O) groups excluding carboxylic acids is 2. The van der Waals surface area contributed by atoms with Crippen LogP contribution in [0.25, 0.3) is 6.08 Å². The number of nitrogens with zero attached hydrogens (tertiary/aromatic N) is 2. The van der Waals surface area contributed by atoms with E-state index in [0.717, 1.165) is 47.2 Å². The summed E-state index contributed by atoms with van der Waals surface area (Å²) in [6.07, 6.45) is 1.73. The predicted octanol–water partition coefficient (Wildman–Crippen LogP) is 7.96. The van der Waals surface area contributed by atoms with E-state index in [1.165, 1.54) is 4.90 Å². The Labute approximate surface area is 232 Å². The first-order valence-corrected chi connectivity index (χ1v) is 13.6. The lowest BCUT2D eigenvalue weighted by Gasteiger charge is -2.22. The molecule has 2 amide bonds. The Morgan fingerprint density at radius 1 is 1.00 bits per heavy atom. The average molecular weight is 556 g/mol. The molecule has 192 valence electrons. The van der Waals surface area contributed by atoms with Crippen LogP contribution >= 0.6 is 35.0 Å². The van der Waals surface area contributed by atoms with E-state index in [1.54, 1.807) is 18.2 Å². The SMILES string of the molecule is CCN(CC)c1ccc(/C=C2/SC(=O)N(Cc3cccc(C)c3)C2=O)c(OCc2ccc(Cl)cc2Cl)c1. The van der Waals surface area contributed by atoms with E-state index in [1.807, 2.05) is 55.5 Å². The first-order chi connectivity index (χ1) is 17.8. The fourth-order valence-electron chi connectivity index (χ4n) is 4.12. The van der Waals surface area contributed by atoms with Crippen LogP contribution in [0.5, 0.6) is 5.75 Å². The minimum atomic E-state index is -0.309. The standard InChI is InChI=1S/C29H28Cl2N2O3S/c1-4-32(5-2)24-12-10-21(26(16-24)36-18-22-9-11-23(30)15-25(22)31)14-27-28(34)33(29(35)37-27)17-20-8-6-7-19(3)13-20/h6-16H,4-5,17-18H2,1-3H3/b27-14+. The van der Waals surface area contributed by atoms with Crippen molar-refractivity contribution in [3.63, 3.8) is 0 Å². The van der Waals surface area contributed by atoms with Crippen molar-refractivity contribution in [3.8, 4) is 5.75 Å². The number of hydrogen-bond acceptors (Lipinski definition) is 5. The molecule has 3 aromatic carbocycles. The second-order valence-corrected chi connectivity index (χ2v) is 10.5. The summed E-state index contributed by atoms with van der Waals surface area (Å²) >= 11 is 13.3. The third-order valence-electron chi connectivity index (χ3n) is 6.11. The van der Waals surface area contributed by atoms with Crippen LogP contribution in [0.15, 0.2) is 65.6 Å². The minimum absolute atomic E-state index is 0.230. The van der Waals surface area contributed by atoms with Gasteiger partial charge in [-0.25, -0.2) is 0 Å². The van der Waals surface area contributed by atoms with Crippen LogP contribution in [-0.4, -0.2) is 29.1 Å². The van der Waals surface area contributed by atoms with Gasteiger partial charge in [0.25, 0.3) is 11.1 Å². The summed E-state index contributed by atoms with van der Waals surface area (Å²) in [5, 5.41) is 0.790. The second kappa shape index (κ2) is 12.1. The molecule has 0 aromatic heterocycles. The van der Waals surface area contributed by atoms with Crippen molar-refractivity contribution in [2.45, 2.75) is 33.9 Å². The molecule has 0 bridgehead atoms. The molecule has 1 aliphatic heterocycles. The Balaban J connectivity index is 1.63. The largest absolute Gasteiger partial charge is 0.488 e. The molecule has 0 N–H and O–H groups in total. The molecule has 3 aromatic rings. The number of imide groups is 1. The number of rotatable bonds is 9. The Bertz CT molecular complexity index is 1350. The third kappa shape index (κ3) is 6.50. The molecule has 1 saturated heterocycles. The van der Waals surface area contributed by atoms with Crippen LogP contribution in [-0.2, 0) is 17.9 Å². The van der Waals surface area contributed by atoms with Crippen LogP contribution < -0.4 is 9.64 Å². The van der Waals surface area contributed by atoms with Gasteiger partial charge in [-0.2, -0.15) is 0 Å². The van der Waals surface area contributed by atoms with Gasteiger partial charge in [-0.3, -0.25) is 14.5 Å². The number of ether oxygens (including phenoxy) is 1. The Hall–Kier alpha value is -2.93. The number of benzene rings is 3. The molecule has 5 nitrogen and oxygen atoms in total. The Kier molecular flexibility index (Phi) is 8.85. The molecule has 1 heterocycles. The molecule has 0 radical (unpaired) electrons. The molecule has 1 aliphatic rings. The van der Waals surface area contributed by atoms with E-state index in [4.69, 9.17) is 27.9 Å². The predicted molar refractivity (Wildman–Crippen MR) is 153 cm³/mol. The van der Waals surface area contributed by atoms with Gasteiger partial charge in [-0.15, -0.1) is 0 Å². The summed E-state index contributed by atoms with van der Waals surface area (Å²) in [6.45, 7) is 8.33. The van der Waals surface area contributed by atoms with Gasteiger partial charge in [0.1, 0.15) is 12.4 Å². The first kappa shape index (κ1) is 27.1. The smallest absolute Gasteiger partial charge is 0.293 e. The lowest BCUT2D eigenvalue weighted by molar-refractivity contribution is -0.123. The van der Waals surface area contributed by atoms with Crippen LogP contribution in [0.1, 0.15) is 36.1 Å². The van der Waals surface area contributed by atoms with Crippen molar-refractivity contribution in [1.29, 1.82) is 0 Å². The maximum Gasteiger partial charge on any atom is 0.293 e. The molecule has 4 rings (SSSR count). The van der Waals surface area contributed by atoms with Crippen molar-refractivity contribution < 1.29 is 14.3 Å². The van der Waals surface area contributed by atoms with Gasteiger partial charge < -0.3 is 9.64 Å². The summed E-state index contributed by atoms with van der Waals surface area (Å²) in [4.78, 5) is 29.8. The number of hydrogen-bond donors (Lipinski definition) is 0. The molecular formula is C29H28Cl2N2O3S. The molecule has 0 aliphatic carbocycles. The summed E-state index contributed by atoms with van der Waals surface area (Å²) in [7, 11) is 0. The van der Waals surface area contributed by atoms with Crippen molar-refractivity contribution in [2.24, 2.45) is 0 Å². The van der Waals surface area contributed by atoms with Crippen LogP contribution in [0.2, 0.25) is 10.0 Å². The minimum Gasteiger partial charge on any atom is -0.488 e. The fourth-order valence-corrected chi connectivity index (χ4v) is 5.41. The molecule has 37 heavy (non-hydrogen) atoms. The van der Waals surface area contributed by atoms with E-state index in [0.29, 0.717) is 26.3 Å². The zero-order valence-corrected chi connectivity index (χ0v) is 23.3. The zero-order valence-electron chi connectivity index (χ0n) is 21.0. The average Bonchev–Trinajstić information content (AvgIpc) is 3.12. The van der Waals surface area contributed by atoms with Crippen LogP contribution in [0.3, 0.4) is 0 Å². The molecule has 8 heteroatoms. The molecule has 1 fully saturated rings. The van der Waals surface area contributed by atoms with E-state index in [-0.39, 0.29) is 24.3 Å². The number of thioether (sulfide) groups is 1. The molecule has 0 saturated carbocycles. The fraction of sp³-hybridized carbons (Fsp3) is 0.241. The second-order valence-electron chi connectivity index (χ2n) is 8.68. The van der Waals surface area contributed by atoms with Gasteiger partial charge in [0.05, 0.1) is 11.4 Å². The first-order valence-electron chi connectivity index (χ1n) is 12.1. The van der Waals surface area contributed by atoms with E-state index >= 15 is 0 Å². The number of amides is 2. The summed E-state index contributed by atoms with van der Waals surface area (Å²) in [6, 6.07) is 19.0. The van der Waals surface area contributed by atoms with Crippen LogP contribution in [0.4, 0.5) is 10.5 Å². The number of carbonyl (C=O) groups is 2. The van der Waals surface area contributed by atoms with Crippen molar-refractivity contribution in [2.75, 3.05) is 18.0 Å². The maximum absolute atomic E-state index is 13.2. The Morgan fingerprint density at radius 3 is 2.49 bits per heavy atom. The van der Waals surface area contributed by atoms with E-state index < -0.39 is 0 Å². The summed E-state index contributed by atoms with van der Waals surface area (Å²) in [5.41, 5.74) is 4.50. The molecule has 0 atom stereocenters. The van der Waals surface area contributed by atoms with Gasteiger partial charge in [0.2, 0.25) is 0 Å². The molecule has 0 unspecified atom stereocenters. The molecular weight excluding hydrogens is 527 g/mol. The van der Waals surface area contributed by atoms with Crippen molar-refractivity contribution in [3.05, 3.63) is 97.9 Å². The van der Waals surface area contributed by atoms with Crippen molar-refractivity contribution >= 4 is 57.9 Å². The van der Waals surface area contributed by atoms with E-state index in [9.17, 15) is 9.59 Å². The normalized spacial score (nSPS) is 14.5.